The van der Waals surface area contributed by atoms with Crippen LogP contribution in [0.25, 0.3) is 0 Å². The molecule has 2 heterocycles. The topological polar surface area (TPSA) is 32.7 Å². The molecule has 0 aliphatic carbocycles. The summed E-state index contributed by atoms with van der Waals surface area (Å²) in [6.07, 6.45) is 4.08. The van der Waals surface area contributed by atoms with E-state index >= 15 is 0 Å². The molecule has 0 bridgehead atoms. The summed E-state index contributed by atoms with van der Waals surface area (Å²) >= 11 is 0. The summed E-state index contributed by atoms with van der Waals surface area (Å²) in [6.45, 7) is 5.60. The lowest BCUT2D eigenvalue weighted by atomic mass is 9.96. The maximum atomic E-state index is 9.50. The average molecular weight is 185 g/mol. The lowest BCUT2D eigenvalue weighted by Crippen LogP contribution is -2.60. The zero-order chi connectivity index (χ0) is 9.31. The van der Waals surface area contributed by atoms with E-state index in [2.05, 4.69) is 4.90 Å². The molecule has 2 aliphatic rings. The van der Waals surface area contributed by atoms with Gasteiger partial charge in [-0.25, -0.2) is 0 Å². The molecule has 3 nitrogen and oxygen atoms in total. The number of hydrogen-bond donors (Lipinski definition) is 1. The van der Waals surface area contributed by atoms with Crippen LogP contribution in [0.2, 0.25) is 0 Å². The van der Waals surface area contributed by atoms with Gasteiger partial charge in [0.15, 0.2) is 0 Å². The number of rotatable bonds is 3. The number of hydrogen-bond acceptors (Lipinski definition) is 3. The van der Waals surface area contributed by atoms with Gasteiger partial charge in [0, 0.05) is 26.2 Å². The average Bonchev–Trinajstić information content (AvgIpc) is 2.48. The van der Waals surface area contributed by atoms with E-state index in [9.17, 15) is 5.11 Å². The zero-order valence-corrected chi connectivity index (χ0v) is 8.33. The van der Waals surface area contributed by atoms with Crippen LogP contribution in [0.1, 0.15) is 26.2 Å². The second-order valence-electron chi connectivity index (χ2n) is 4.63. The summed E-state index contributed by atoms with van der Waals surface area (Å²) in [5, 5.41) is 9.50. The van der Waals surface area contributed by atoms with Gasteiger partial charge in [0.05, 0.1) is 11.7 Å². The Labute approximate surface area is 79.7 Å². The molecule has 2 aliphatic heterocycles. The minimum absolute atomic E-state index is 0.420. The molecule has 0 saturated carbocycles. The molecule has 1 atom stereocenters. The van der Waals surface area contributed by atoms with Gasteiger partial charge in [-0.1, -0.05) is 0 Å². The van der Waals surface area contributed by atoms with Crippen LogP contribution in [0.15, 0.2) is 0 Å². The van der Waals surface area contributed by atoms with Crippen molar-refractivity contribution in [2.24, 2.45) is 0 Å². The van der Waals surface area contributed by atoms with Crippen molar-refractivity contribution < 1.29 is 9.84 Å². The molecule has 2 saturated heterocycles. The normalized spacial score (nSPS) is 33.2. The summed E-state index contributed by atoms with van der Waals surface area (Å²) in [7, 11) is 0. The van der Waals surface area contributed by atoms with Crippen molar-refractivity contribution in [2.75, 3.05) is 26.2 Å². The van der Waals surface area contributed by atoms with Gasteiger partial charge in [-0.05, 0) is 26.2 Å². The van der Waals surface area contributed by atoms with Crippen molar-refractivity contribution in [2.45, 2.75) is 37.9 Å². The van der Waals surface area contributed by atoms with Gasteiger partial charge < -0.3 is 9.84 Å². The molecule has 1 N–H and O–H groups in total. The number of nitrogens with zero attached hydrogens (tertiary/aromatic N) is 1. The fraction of sp³-hybridized carbons (Fsp3) is 1.00. The molecule has 2 fully saturated rings. The predicted octanol–water partition coefficient (Wildman–Crippen LogP) is 0.622. The first-order valence-corrected chi connectivity index (χ1v) is 5.22. The third-order valence-electron chi connectivity index (χ3n) is 2.92. The summed E-state index contributed by atoms with van der Waals surface area (Å²) in [5.41, 5.74) is -0.420. The minimum atomic E-state index is -0.420. The molecule has 2 rings (SSSR count). The number of likely N-dealkylation sites (tertiary alicyclic amines) is 1. The van der Waals surface area contributed by atoms with Crippen molar-refractivity contribution in [1.29, 1.82) is 0 Å². The fourth-order valence-corrected chi connectivity index (χ4v) is 2.27. The van der Waals surface area contributed by atoms with Crippen molar-refractivity contribution in [1.82, 2.24) is 4.90 Å². The molecule has 0 amide bonds. The highest BCUT2D eigenvalue weighted by Gasteiger charge is 2.36. The van der Waals surface area contributed by atoms with Crippen LogP contribution in [0.4, 0.5) is 0 Å². The van der Waals surface area contributed by atoms with Gasteiger partial charge in [-0.2, -0.15) is 0 Å². The molecule has 0 aromatic rings. The van der Waals surface area contributed by atoms with Gasteiger partial charge in [-0.3, -0.25) is 4.90 Å². The van der Waals surface area contributed by atoms with E-state index in [0.717, 1.165) is 32.7 Å². The highest BCUT2D eigenvalue weighted by Crippen LogP contribution is 2.22. The van der Waals surface area contributed by atoms with Gasteiger partial charge in [0.1, 0.15) is 0 Å². The van der Waals surface area contributed by atoms with Gasteiger partial charge in [0.2, 0.25) is 0 Å². The molecule has 13 heavy (non-hydrogen) atoms. The predicted molar refractivity (Wildman–Crippen MR) is 50.7 cm³/mol. The van der Waals surface area contributed by atoms with Crippen molar-refractivity contribution in [3.05, 3.63) is 0 Å². The van der Waals surface area contributed by atoms with E-state index in [0.29, 0.717) is 6.10 Å². The molecular formula is C10H19NO2. The first-order chi connectivity index (χ1) is 6.16. The monoisotopic (exact) mass is 185 g/mol. The zero-order valence-electron chi connectivity index (χ0n) is 8.33. The van der Waals surface area contributed by atoms with E-state index in [-0.39, 0.29) is 0 Å². The van der Waals surface area contributed by atoms with E-state index in [1.165, 1.54) is 12.8 Å². The molecule has 0 spiro atoms. The van der Waals surface area contributed by atoms with Crippen molar-refractivity contribution in [3.8, 4) is 0 Å². The Balaban J connectivity index is 1.59. The highest BCUT2D eigenvalue weighted by molar-refractivity contribution is 4.91. The largest absolute Gasteiger partial charge is 0.388 e. The van der Waals surface area contributed by atoms with E-state index in [1.807, 2.05) is 6.92 Å². The van der Waals surface area contributed by atoms with Crippen molar-refractivity contribution >= 4 is 0 Å². The van der Waals surface area contributed by atoms with Gasteiger partial charge in [-0.15, -0.1) is 0 Å². The summed E-state index contributed by atoms with van der Waals surface area (Å²) in [5.74, 6) is 0. The Morgan fingerprint density at radius 1 is 1.54 bits per heavy atom. The second kappa shape index (κ2) is 3.56. The molecule has 0 radical (unpaired) electrons. The number of β-amino-alcohol motifs (C(OH)–C–C–N with tert-alkyl or cyclic N) is 1. The third-order valence-corrected chi connectivity index (χ3v) is 2.92. The highest BCUT2D eigenvalue weighted by atomic mass is 16.5. The maximum absolute atomic E-state index is 9.50. The number of aliphatic hydroxyl groups is 1. The van der Waals surface area contributed by atoms with Crippen LogP contribution < -0.4 is 0 Å². The first-order valence-electron chi connectivity index (χ1n) is 5.22. The molecule has 3 heteroatoms. The summed E-state index contributed by atoms with van der Waals surface area (Å²) in [4.78, 5) is 2.29. The lowest BCUT2D eigenvalue weighted by Gasteiger charge is -2.44. The standard InChI is InChI=1S/C10H19NO2/c1-10(12)7-11(8-10)5-4-9-3-2-6-13-9/h9,12H,2-8H2,1H3. The SMILES string of the molecule is CC1(O)CN(CCC2CCCO2)C1. The lowest BCUT2D eigenvalue weighted by molar-refractivity contribution is -0.0867. The van der Waals surface area contributed by atoms with Crippen LogP contribution in [0.3, 0.4) is 0 Å². The summed E-state index contributed by atoms with van der Waals surface area (Å²) in [6, 6.07) is 0. The van der Waals surface area contributed by atoms with Gasteiger partial charge in [0.25, 0.3) is 0 Å². The minimum Gasteiger partial charge on any atom is -0.388 e. The van der Waals surface area contributed by atoms with Crippen LogP contribution in [-0.2, 0) is 4.74 Å². The molecule has 1 unspecified atom stereocenters. The first kappa shape index (κ1) is 9.44. The Morgan fingerprint density at radius 2 is 2.31 bits per heavy atom. The third kappa shape index (κ3) is 2.42. The fourth-order valence-electron chi connectivity index (χ4n) is 2.27. The van der Waals surface area contributed by atoms with E-state index < -0.39 is 5.60 Å². The Hall–Kier alpha value is -0.120. The van der Waals surface area contributed by atoms with Crippen LogP contribution in [-0.4, -0.2) is 48.0 Å². The molecule has 0 aromatic heterocycles. The Bertz CT molecular complexity index is 168. The summed E-state index contributed by atoms with van der Waals surface area (Å²) < 4.78 is 5.53. The van der Waals surface area contributed by atoms with Crippen LogP contribution in [0.5, 0.6) is 0 Å². The maximum Gasteiger partial charge on any atom is 0.0872 e. The van der Waals surface area contributed by atoms with Crippen LogP contribution >= 0.6 is 0 Å². The smallest absolute Gasteiger partial charge is 0.0872 e. The van der Waals surface area contributed by atoms with E-state index in [4.69, 9.17) is 4.74 Å². The molecule has 0 aromatic carbocycles. The molecule has 76 valence electrons. The molecular weight excluding hydrogens is 166 g/mol. The quantitative estimate of drug-likeness (QED) is 0.699. The Kier molecular flexibility index (Phi) is 2.58. The second-order valence-corrected chi connectivity index (χ2v) is 4.63. The number of ether oxygens (including phenoxy) is 1. The Morgan fingerprint density at radius 3 is 2.85 bits per heavy atom. The van der Waals surface area contributed by atoms with Crippen molar-refractivity contribution in [3.63, 3.8) is 0 Å². The van der Waals surface area contributed by atoms with Gasteiger partial charge >= 0.3 is 0 Å². The van der Waals surface area contributed by atoms with Crippen LogP contribution in [0, 0.1) is 0 Å². The van der Waals surface area contributed by atoms with E-state index in [1.54, 1.807) is 0 Å².